The highest BCUT2D eigenvalue weighted by atomic mass is 32.2. The molecular weight excluding hydrogens is 108 g/mol. The summed E-state index contributed by atoms with van der Waals surface area (Å²) in [5.74, 6) is 0.872. The number of unbranched alkanes of at least 4 members (excludes halogenated alkanes) is 1. The molecule has 0 aromatic rings. The van der Waals surface area contributed by atoms with Gasteiger partial charge in [-0.15, -0.1) is 0 Å². The molecule has 0 unspecified atom stereocenters. The molecule has 0 bridgehead atoms. The Hall–Kier alpha value is 0.310. The van der Waals surface area contributed by atoms with Crippen molar-refractivity contribution in [1.29, 1.82) is 0 Å². The van der Waals surface area contributed by atoms with Crippen LogP contribution < -0.4 is 0 Å². The van der Waals surface area contributed by atoms with E-state index in [0.717, 1.165) is 18.6 Å². The summed E-state index contributed by atoms with van der Waals surface area (Å²) >= 11 is -0.565. The van der Waals surface area contributed by atoms with Crippen molar-refractivity contribution in [1.82, 2.24) is 0 Å². The van der Waals surface area contributed by atoms with Crippen LogP contribution in [0.15, 0.2) is 0 Å². The summed E-state index contributed by atoms with van der Waals surface area (Å²) in [4.78, 5) is 0. The van der Waals surface area contributed by atoms with Crippen molar-refractivity contribution in [3.8, 4) is 0 Å². The second kappa shape index (κ2) is 4.47. The van der Waals surface area contributed by atoms with Gasteiger partial charge in [0.15, 0.2) is 0 Å². The molecule has 0 saturated heterocycles. The smallest absolute Gasteiger partial charge is 0.105 e. The van der Waals surface area contributed by atoms with Gasteiger partial charge in [0.25, 0.3) is 0 Å². The lowest BCUT2D eigenvalue weighted by molar-refractivity contribution is 0.597. The normalized spacial score (nSPS) is 14.1. The Morgan fingerprint density at radius 2 is 2.14 bits per heavy atom. The van der Waals surface area contributed by atoms with Crippen molar-refractivity contribution < 1.29 is 4.55 Å². The highest BCUT2D eigenvalue weighted by molar-refractivity contribution is 7.90. The third kappa shape index (κ3) is 6.31. The van der Waals surface area contributed by atoms with Crippen LogP contribution >= 0.6 is 0 Å². The number of rotatable bonds is 3. The molecule has 0 heterocycles. The zero-order valence-corrected chi connectivity index (χ0v) is 5.75. The monoisotopic (exact) mass is 120 g/mol. The van der Waals surface area contributed by atoms with Gasteiger partial charge in [-0.2, -0.15) is 0 Å². The first-order valence-electron chi connectivity index (χ1n) is 2.57. The van der Waals surface area contributed by atoms with Gasteiger partial charge in [-0.05, 0) is 6.42 Å². The van der Waals surface area contributed by atoms with E-state index in [2.05, 4.69) is 6.92 Å². The Kier molecular flexibility index (Phi) is 4.67. The fourth-order valence-electron chi connectivity index (χ4n) is 0.348. The van der Waals surface area contributed by atoms with Crippen molar-refractivity contribution in [3.63, 3.8) is 0 Å². The van der Waals surface area contributed by atoms with Gasteiger partial charge in [0.2, 0.25) is 0 Å². The van der Waals surface area contributed by atoms with Crippen LogP contribution in [0.5, 0.6) is 0 Å². The van der Waals surface area contributed by atoms with E-state index in [0.29, 0.717) is 0 Å². The van der Waals surface area contributed by atoms with Crippen LogP contribution in [0, 0.1) is 0 Å². The first-order valence-corrected chi connectivity index (χ1v) is 4.30. The lowest BCUT2D eigenvalue weighted by Gasteiger charge is -2.00. The second-order valence-corrected chi connectivity index (χ2v) is 3.19. The van der Waals surface area contributed by atoms with Crippen molar-refractivity contribution in [2.75, 3.05) is 12.0 Å². The van der Waals surface area contributed by atoms with Crippen molar-refractivity contribution in [3.05, 3.63) is 0 Å². The molecule has 0 aliphatic rings. The van der Waals surface area contributed by atoms with Crippen LogP contribution in [-0.2, 0) is 11.2 Å². The molecule has 0 aliphatic heterocycles. The van der Waals surface area contributed by atoms with Crippen LogP contribution in [-0.4, -0.2) is 16.6 Å². The Labute approximate surface area is 48.3 Å². The summed E-state index contributed by atoms with van der Waals surface area (Å²) in [7, 11) is 0. The molecule has 0 aromatic heterocycles. The van der Waals surface area contributed by atoms with Gasteiger partial charge in [0.1, 0.15) is 5.75 Å². The predicted molar refractivity (Wildman–Crippen MR) is 33.8 cm³/mol. The van der Waals surface area contributed by atoms with Crippen molar-refractivity contribution in [2.45, 2.75) is 19.8 Å². The average Bonchev–Trinajstić information content (AvgIpc) is 1.61. The Morgan fingerprint density at radius 1 is 1.57 bits per heavy atom. The molecule has 2 heteroatoms. The Morgan fingerprint density at radius 3 is 2.29 bits per heavy atom. The standard InChI is InChI=1S/C5H12OS/c1-3-4-5-7(2)6/h3-5H2,1-2H3/t7-/m0/s1. The maximum Gasteiger partial charge on any atom is 0.105 e. The molecule has 0 amide bonds. The zero-order chi connectivity index (χ0) is 5.70. The van der Waals surface area contributed by atoms with Crippen LogP contribution in [0.4, 0.5) is 0 Å². The zero-order valence-electron chi connectivity index (χ0n) is 4.94. The quantitative estimate of drug-likeness (QED) is 0.513. The molecule has 0 radical (unpaired) electrons. The molecule has 0 rings (SSSR count). The summed E-state index contributed by atoms with van der Waals surface area (Å²) < 4.78 is 10.3. The SMILES string of the molecule is CCCC[S@+](C)[O-]. The molecule has 0 saturated carbocycles. The minimum atomic E-state index is -0.565. The van der Waals surface area contributed by atoms with Gasteiger partial charge in [0.05, 0.1) is 6.26 Å². The van der Waals surface area contributed by atoms with E-state index >= 15 is 0 Å². The maximum absolute atomic E-state index is 10.3. The van der Waals surface area contributed by atoms with E-state index in [4.69, 9.17) is 0 Å². The van der Waals surface area contributed by atoms with Crippen LogP contribution in [0.25, 0.3) is 0 Å². The highest BCUT2D eigenvalue weighted by Crippen LogP contribution is 1.91. The summed E-state index contributed by atoms with van der Waals surface area (Å²) in [6.07, 6.45) is 4.00. The van der Waals surface area contributed by atoms with Crippen molar-refractivity contribution >= 4 is 11.2 Å². The third-order valence-electron chi connectivity index (χ3n) is 0.785. The topological polar surface area (TPSA) is 23.1 Å². The minimum absolute atomic E-state index is 0.565. The largest absolute Gasteiger partial charge is 0.617 e. The number of hydrogen-bond acceptors (Lipinski definition) is 1. The molecule has 7 heavy (non-hydrogen) atoms. The van der Waals surface area contributed by atoms with E-state index in [1.807, 2.05) is 0 Å². The van der Waals surface area contributed by atoms with Gasteiger partial charge < -0.3 is 4.55 Å². The Bertz CT molecular complexity index is 37.1. The molecule has 0 aromatic carbocycles. The summed E-state index contributed by atoms with van der Waals surface area (Å²) in [6.45, 7) is 2.10. The van der Waals surface area contributed by atoms with Gasteiger partial charge >= 0.3 is 0 Å². The molecule has 0 spiro atoms. The van der Waals surface area contributed by atoms with Gasteiger partial charge in [0, 0.05) is 0 Å². The first-order chi connectivity index (χ1) is 3.27. The molecule has 0 fully saturated rings. The van der Waals surface area contributed by atoms with Gasteiger partial charge in [-0.3, -0.25) is 0 Å². The molecule has 44 valence electrons. The van der Waals surface area contributed by atoms with E-state index in [-0.39, 0.29) is 0 Å². The summed E-state index contributed by atoms with van der Waals surface area (Å²) in [6, 6.07) is 0. The lowest BCUT2D eigenvalue weighted by atomic mass is 10.4. The van der Waals surface area contributed by atoms with E-state index in [1.54, 1.807) is 6.26 Å². The maximum atomic E-state index is 10.3. The van der Waals surface area contributed by atoms with Gasteiger partial charge in [-0.25, -0.2) is 0 Å². The predicted octanol–water partition coefficient (Wildman–Crippen LogP) is 1.17. The fourth-order valence-corrected chi connectivity index (χ4v) is 1.04. The molecule has 0 N–H and O–H groups in total. The summed E-state index contributed by atoms with van der Waals surface area (Å²) in [5, 5.41) is 0. The minimum Gasteiger partial charge on any atom is -0.617 e. The molecule has 0 aliphatic carbocycles. The highest BCUT2D eigenvalue weighted by Gasteiger charge is 1.91. The van der Waals surface area contributed by atoms with Gasteiger partial charge in [-0.1, -0.05) is 24.5 Å². The second-order valence-electron chi connectivity index (χ2n) is 1.63. The van der Waals surface area contributed by atoms with Crippen LogP contribution in [0.2, 0.25) is 0 Å². The van der Waals surface area contributed by atoms with E-state index in [9.17, 15) is 4.55 Å². The van der Waals surface area contributed by atoms with Crippen LogP contribution in [0.1, 0.15) is 19.8 Å². The van der Waals surface area contributed by atoms with E-state index in [1.165, 1.54) is 0 Å². The Balaban J connectivity index is 2.68. The fraction of sp³-hybridized carbons (Fsp3) is 1.00. The molecule has 1 nitrogen and oxygen atoms in total. The van der Waals surface area contributed by atoms with Crippen LogP contribution in [0.3, 0.4) is 0 Å². The molecular formula is C5H12OS. The first kappa shape index (κ1) is 7.31. The third-order valence-corrected chi connectivity index (χ3v) is 1.65. The average molecular weight is 120 g/mol. The molecule has 1 atom stereocenters. The van der Waals surface area contributed by atoms with E-state index < -0.39 is 11.2 Å². The summed E-state index contributed by atoms with van der Waals surface area (Å²) in [5.41, 5.74) is 0. The number of hydrogen-bond donors (Lipinski definition) is 0. The van der Waals surface area contributed by atoms with Crippen molar-refractivity contribution in [2.24, 2.45) is 0 Å². The lowest BCUT2D eigenvalue weighted by Crippen LogP contribution is -2.01.